The highest BCUT2D eigenvalue weighted by molar-refractivity contribution is 5.68. The third kappa shape index (κ3) is 1.71. The van der Waals surface area contributed by atoms with Gasteiger partial charge in [-0.2, -0.15) is 10.2 Å². The van der Waals surface area contributed by atoms with Gasteiger partial charge >= 0.3 is 0 Å². The van der Waals surface area contributed by atoms with Crippen LogP contribution in [-0.2, 0) is 0 Å². The average molecular weight is 189 g/mol. The maximum atomic E-state index is 4.13. The summed E-state index contributed by atoms with van der Waals surface area (Å²) in [5.41, 5.74) is 3.45. The molecule has 3 nitrogen and oxygen atoms in total. The van der Waals surface area contributed by atoms with E-state index >= 15 is 0 Å². The van der Waals surface area contributed by atoms with Crippen molar-refractivity contribution < 1.29 is 0 Å². The van der Waals surface area contributed by atoms with Gasteiger partial charge in [0.25, 0.3) is 0 Å². The van der Waals surface area contributed by atoms with Crippen LogP contribution in [0.25, 0.3) is 6.08 Å². The highest BCUT2D eigenvalue weighted by Crippen LogP contribution is 2.29. The molecule has 0 N–H and O–H groups in total. The molecule has 1 aromatic heterocycles. The number of hydrogen-bond acceptors (Lipinski definition) is 3. The molecule has 0 amide bonds. The molecule has 0 unspecified atom stereocenters. The van der Waals surface area contributed by atoms with E-state index in [1.807, 2.05) is 6.92 Å². The summed E-state index contributed by atoms with van der Waals surface area (Å²) >= 11 is 0. The third-order valence-electron chi connectivity index (χ3n) is 2.10. The zero-order chi connectivity index (χ0) is 10.7. The van der Waals surface area contributed by atoms with Crippen molar-refractivity contribution in [1.82, 2.24) is 10.2 Å². The lowest BCUT2D eigenvalue weighted by atomic mass is 10.0. The van der Waals surface area contributed by atoms with Crippen molar-refractivity contribution in [3.05, 3.63) is 23.5 Å². The minimum atomic E-state index is 0.294. The quantitative estimate of drug-likeness (QED) is 0.686. The van der Waals surface area contributed by atoms with Gasteiger partial charge in [0.05, 0.1) is 17.1 Å². The summed E-state index contributed by atoms with van der Waals surface area (Å²) < 4.78 is 0. The Morgan fingerprint density at radius 3 is 2.43 bits per heavy atom. The summed E-state index contributed by atoms with van der Waals surface area (Å²) in [6.45, 7) is 13.3. The lowest BCUT2D eigenvalue weighted by Gasteiger charge is -2.10. The largest absolute Gasteiger partial charge is 0.262 e. The van der Waals surface area contributed by atoms with Crippen molar-refractivity contribution >= 4 is 18.5 Å². The van der Waals surface area contributed by atoms with E-state index in [9.17, 15) is 0 Å². The first-order valence-electron chi connectivity index (χ1n) is 4.58. The Morgan fingerprint density at radius 1 is 1.36 bits per heavy atom. The summed E-state index contributed by atoms with van der Waals surface area (Å²) in [6, 6.07) is 0. The van der Waals surface area contributed by atoms with Gasteiger partial charge in [-0.25, -0.2) is 0 Å². The second kappa shape index (κ2) is 4.13. The van der Waals surface area contributed by atoms with Crippen molar-refractivity contribution in [3.63, 3.8) is 0 Å². The summed E-state index contributed by atoms with van der Waals surface area (Å²) in [7, 11) is 0. The number of rotatable bonds is 3. The Hall–Kier alpha value is -1.51. The Morgan fingerprint density at radius 2 is 2.00 bits per heavy atom. The minimum absolute atomic E-state index is 0.294. The van der Waals surface area contributed by atoms with Gasteiger partial charge in [-0.15, -0.1) is 0 Å². The van der Waals surface area contributed by atoms with Crippen molar-refractivity contribution in [2.75, 3.05) is 0 Å². The van der Waals surface area contributed by atoms with Gasteiger partial charge < -0.3 is 0 Å². The van der Waals surface area contributed by atoms with Crippen LogP contribution >= 0.6 is 0 Å². The molecule has 0 aliphatic heterocycles. The highest BCUT2D eigenvalue weighted by Gasteiger charge is 2.13. The zero-order valence-corrected chi connectivity index (χ0v) is 8.91. The van der Waals surface area contributed by atoms with E-state index in [0.717, 1.165) is 22.6 Å². The first-order chi connectivity index (χ1) is 6.61. The molecule has 0 aromatic carbocycles. The monoisotopic (exact) mass is 189 g/mol. The van der Waals surface area contributed by atoms with Gasteiger partial charge in [0.15, 0.2) is 0 Å². The van der Waals surface area contributed by atoms with Crippen molar-refractivity contribution in [3.8, 4) is 0 Å². The molecule has 0 saturated carbocycles. The maximum Gasteiger partial charge on any atom is 0.0949 e. The van der Waals surface area contributed by atoms with E-state index in [0.29, 0.717) is 5.92 Å². The normalized spacial score (nSPS) is 10.3. The van der Waals surface area contributed by atoms with Crippen LogP contribution in [0.1, 0.15) is 36.7 Å². The van der Waals surface area contributed by atoms with Crippen LogP contribution in [-0.4, -0.2) is 16.9 Å². The fourth-order valence-corrected chi connectivity index (χ4v) is 1.34. The molecule has 14 heavy (non-hydrogen) atoms. The summed E-state index contributed by atoms with van der Waals surface area (Å²) in [4.78, 5) is 4.00. The smallest absolute Gasteiger partial charge is 0.0949 e. The molecule has 1 aromatic rings. The van der Waals surface area contributed by atoms with E-state index in [4.69, 9.17) is 0 Å². The summed E-state index contributed by atoms with van der Waals surface area (Å²) in [6.07, 6.45) is 1.75. The second-order valence-corrected chi connectivity index (χ2v) is 3.45. The number of aliphatic imine (C=N–C) groups is 1. The lowest BCUT2D eigenvalue weighted by Crippen LogP contribution is -2.00. The van der Waals surface area contributed by atoms with Gasteiger partial charge in [0.1, 0.15) is 0 Å². The Labute approximate surface area is 84.6 Å². The minimum Gasteiger partial charge on any atom is -0.262 e. The van der Waals surface area contributed by atoms with E-state index in [1.54, 1.807) is 6.08 Å². The topological polar surface area (TPSA) is 38.1 Å². The predicted molar refractivity (Wildman–Crippen MR) is 60.2 cm³/mol. The van der Waals surface area contributed by atoms with E-state index in [1.165, 1.54) is 0 Å². The first-order valence-corrected chi connectivity index (χ1v) is 4.58. The lowest BCUT2D eigenvalue weighted by molar-refractivity contribution is 0.777. The van der Waals surface area contributed by atoms with Crippen LogP contribution in [0, 0.1) is 6.92 Å². The Kier molecular flexibility index (Phi) is 3.12. The van der Waals surface area contributed by atoms with Crippen LogP contribution < -0.4 is 0 Å². The van der Waals surface area contributed by atoms with Gasteiger partial charge in [-0.1, -0.05) is 26.5 Å². The average Bonchev–Trinajstić information content (AvgIpc) is 2.16. The Bertz CT molecular complexity index is 367. The van der Waals surface area contributed by atoms with Gasteiger partial charge in [-0.3, -0.25) is 4.99 Å². The molecule has 0 spiro atoms. The molecule has 0 fully saturated rings. The number of nitrogens with zero attached hydrogens (tertiary/aromatic N) is 3. The number of aryl methyl sites for hydroxylation is 1. The van der Waals surface area contributed by atoms with Crippen LogP contribution in [0.3, 0.4) is 0 Å². The number of aromatic nitrogens is 2. The molecule has 0 aliphatic carbocycles. The summed E-state index contributed by atoms with van der Waals surface area (Å²) in [5.74, 6) is 0.294. The van der Waals surface area contributed by atoms with Gasteiger partial charge in [0, 0.05) is 5.56 Å². The molecule has 74 valence electrons. The van der Waals surface area contributed by atoms with Crippen molar-refractivity contribution in [1.29, 1.82) is 0 Å². The molecule has 1 rings (SSSR count). The summed E-state index contributed by atoms with van der Waals surface area (Å²) in [5, 5.41) is 8.20. The molecular formula is C11H15N3. The fraction of sp³-hybridized carbons (Fsp3) is 0.364. The third-order valence-corrected chi connectivity index (χ3v) is 2.10. The molecule has 0 radical (unpaired) electrons. The molecule has 0 bridgehead atoms. The SMILES string of the molecule is C=Cc1c(C)nnc(C(C)C)c1N=C. The van der Waals surface area contributed by atoms with Crippen LogP contribution in [0.2, 0.25) is 0 Å². The number of hydrogen-bond donors (Lipinski definition) is 0. The molecule has 3 heteroatoms. The van der Waals surface area contributed by atoms with Crippen molar-refractivity contribution in [2.45, 2.75) is 26.7 Å². The van der Waals surface area contributed by atoms with Crippen molar-refractivity contribution in [2.24, 2.45) is 4.99 Å². The van der Waals surface area contributed by atoms with E-state index < -0.39 is 0 Å². The first kappa shape index (κ1) is 10.6. The maximum absolute atomic E-state index is 4.13. The fourth-order valence-electron chi connectivity index (χ4n) is 1.34. The molecule has 1 heterocycles. The highest BCUT2D eigenvalue weighted by atomic mass is 15.1. The Balaban J connectivity index is 3.48. The zero-order valence-electron chi connectivity index (χ0n) is 8.91. The molecular weight excluding hydrogens is 174 g/mol. The van der Waals surface area contributed by atoms with Crippen LogP contribution in [0.4, 0.5) is 5.69 Å². The predicted octanol–water partition coefficient (Wildman–Crippen LogP) is 2.88. The van der Waals surface area contributed by atoms with Gasteiger partial charge in [-0.05, 0) is 19.6 Å². The van der Waals surface area contributed by atoms with Gasteiger partial charge in [0.2, 0.25) is 0 Å². The molecule has 0 saturated heterocycles. The van der Waals surface area contributed by atoms with E-state index in [-0.39, 0.29) is 0 Å². The van der Waals surface area contributed by atoms with E-state index in [2.05, 4.69) is 42.3 Å². The molecule has 0 atom stereocenters. The van der Waals surface area contributed by atoms with Crippen LogP contribution in [0.5, 0.6) is 0 Å². The molecule has 0 aliphatic rings. The standard InChI is InChI=1S/C11H15N3/c1-6-9-8(4)13-14-10(7(2)3)11(9)12-5/h6-7H,1,5H2,2-4H3. The van der Waals surface area contributed by atoms with Crippen LogP contribution in [0.15, 0.2) is 11.6 Å². The second-order valence-electron chi connectivity index (χ2n) is 3.45.